The summed E-state index contributed by atoms with van der Waals surface area (Å²) in [5.74, 6) is -0.157. The number of carbonyl (C=O) groups is 3. The number of ether oxygens (including phenoxy) is 1. The molecule has 0 aliphatic carbocycles. The van der Waals surface area contributed by atoms with Crippen molar-refractivity contribution in [3.05, 3.63) is 35.9 Å². The molecule has 0 fully saturated rings. The maximum atomic E-state index is 12.9. The molecule has 0 unspecified atom stereocenters. The summed E-state index contributed by atoms with van der Waals surface area (Å²) in [4.78, 5) is 37.6. The lowest BCUT2D eigenvalue weighted by Crippen LogP contribution is -2.69. The first-order valence-corrected chi connectivity index (χ1v) is 11.2. The first kappa shape index (κ1) is 25.0. The molecule has 29 heavy (non-hydrogen) atoms. The van der Waals surface area contributed by atoms with Crippen LogP contribution in [0.4, 0.5) is 0 Å². The van der Waals surface area contributed by atoms with Crippen LogP contribution in [0.5, 0.6) is 0 Å². The Bertz CT molecular complexity index is 655. The van der Waals surface area contributed by atoms with Gasteiger partial charge < -0.3 is 21.1 Å². The lowest BCUT2D eigenvalue weighted by Gasteiger charge is -2.24. The van der Waals surface area contributed by atoms with Gasteiger partial charge in [0.15, 0.2) is 6.04 Å². The molecule has 0 aliphatic rings. The van der Waals surface area contributed by atoms with Crippen LogP contribution >= 0.6 is 11.8 Å². The second-order valence-electron chi connectivity index (χ2n) is 7.44. The van der Waals surface area contributed by atoms with E-state index in [9.17, 15) is 14.4 Å². The molecule has 0 bridgehead atoms. The van der Waals surface area contributed by atoms with E-state index in [1.807, 2.05) is 50.4 Å². The minimum atomic E-state index is -0.825. The molecular weight excluding hydrogens is 390 g/mol. The largest absolute Gasteiger partial charge is 0.467 e. The number of quaternary nitrogens is 1. The number of hydrogen-bond donors (Lipinski definition) is 3. The molecule has 162 valence electrons. The molecular formula is C21H34N3O4S+. The summed E-state index contributed by atoms with van der Waals surface area (Å²) in [5, 5.41) is 5.56. The predicted octanol–water partition coefficient (Wildman–Crippen LogP) is 0.781. The minimum absolute atomic E-state index is 0.186. The van der Waals surface area contributed by atoms with Gasteiger partial charge in [-0.3, -0.25) is 9.59 Å². The van der Waals surface area contributed by atoms with Crippen LogP contribution in [0.3, 0.4) is 0 Å². The van der Waals surface area contributed by atoms with Gasteiger partial charge >= 0.3 is 5.97 Å². The molecule has 3 atom stereocenters. The SMILES string of the molecule is COC(=O)[C@@H](Cc1ccccc1)NC(=O)[C@H](CC(C)C)NC(=O)[C@H]([NH3+])CCSC. The van der Waals surface area contributed by atoms with E-state index >= 15 is 0 Å². The highest BCUT2D eigenvalue weighted by molar-refractivity contribution is 7.98. The molecule has 0 spiro atoms. The van der Waals surface area contributed by atoms with Crippen molar-refractivity contribution >= 4 is 29.5 Å². The van der Waals surface area contributed by atoms with Crippen LogP contribution in [-0.4, -0.2) is 55.0 Å². The van der Waals surface area contributed by atoms with Gasteiger partial charge in [0.2, 0.25) is 5.91 Å². The van der Waals surface area contributed by atoms with E-state index in [2.05, 4.69) is 16.4 Å². The number of carbonyl (C=O) groups excluding carboxylic acids is 3. The van der Waals surface area contributed by atoms with Crippen molar-refractivity contribution in [3.8, 4) is 0 Å². The van der Waals surface area contributed by atoms with Gasteiger partial charge in [0.1, 0.15) is 12.1 Å². The number of hydrogen-bond acceptors (Lipinski definition) is 5. The maximum Gasteiger partial charge on any atom is 0.328 e. The number of benzene rings is 1. The Kier molecular flexibility index (Phi) is 11.4. The molecule has 1 aromatic carbocycles. The van der Waals surface area contributed by atoms with Gasteiger partial charge in [-0.15, -0.1) is 0 Å². The van der Waals surface area contributed by atoms with Crippen LogP contribution in [-0.2, 0) is 25.5 Å². The number of nitrogens with one attached hydrogen (secondary N) is 2. The van der Waals surface area contributed by atoms with E-state index in [0.29, 0.717) is 19.3 Å². The van der Waals surface area contributed by atoms with E-state index in [1.165, 1.54) is 7.11 Å². The van der Waals surface area contributed by atoms with Crippen molar-refractivity contribution in [1.82, 2.24) is 10.6 Å². The Labute approximate surface area is 177 Å². The molecule has 2 amide bonds. The normalized spacial score (nSPS) is 14.0. The molecule has 8 heteroatoms. The van der Waals surface area contributed by atoms with Gasteiger partial charge in [-0.1, -0.05) is 44.2 Å². The van der Waals surface area contributed by atoms with Crippen LogP contribution < -0.4 is 16.4 Å². The van der Waals surface area contributed by atoms with E-state index in [0.717, 1.165) is 11.3 Å². The zero-order valence-corrected chi connectivity index (χ0v) is 18.6. The molecule has 5 N–H and O–H groups in total. The molecule has 0 radical (unpaired) electrons. The van der Waals surface area contributed by atoms with E-state index < -0.39 is 30.0 Å². The fraction of sp³-hybridized carbons (Fsp3) is 0.571. The molecule has 0 aliphatic heterocycles. The summed E-state index contributed by atoms with van der Waals surface area (Å²) in [7, 11) is 1.29. The lowest BCUT2D eigenvalue weighted by molar-refractivity contribution is -0.404. The van der Waals surface area contributed by atoms with Crippen LogP contribution in [0, 0.1) is 5.92 Å². The van der Waals surface area contributed by atoms with E-state index in [-0.39, 0.29) is 11.8 Å². The molecule has 7 nitrogen and oxygen atoms in total. The highest BCUT2D eigenvalue weighted by atomic mass is 32.2. The monoisotopic (exact) mass is 424 g/mol. The third kappa shape index (κ3) is 9.32. The second kappa shape index (κ2) is 13.2. The average molecular weight is 425 g/mol. The summed E-state index contributed by atoms with van der Waals surface area (Å²) in [6.45, 7) is 3.95. The van der Waals surface area contributed by atoms with Gasteiger partial charge in [-0.25, -0.2) is 4.79 Å². The second-order valence-corrected chi connectivity index (χ2v) is 8.43. The van der Waals surface area contributed by atoms with Gasteiger partial charge in [0.25, 0.3) is 5.91 Å². The van der Waals surface area contributed by atoms with Gasteiger partial charge in [-0.2, -0.15) is 11.8 Å². The van der Waals surface area contributed by atoms with Crippen molar-refractivity contribution < 1.29 is 24.9 Å². The molecule has 0 heterocycles. The van der Waals surface area contributed by atoms with Crippen molar-refractivity contribution in [1.29, 1.82) is 0 Å². The van der Waals surface area contributed by atoms with Crippen LogP contribution in [0.2, 0.25) is 0 Å². The molecule has 0 saturated heterocycles. The highest BCUT2D eigenvalue weighted by Crippen LogP contribution is 2.09. The topological polar surface area (TPSA) is 112 Å². The smallest absolute Gasteiger partial charge is 0.328 e. The third-order valence-electron chi connectivity index (χ3n) is 4.47. The van der Waals surface area contributed by atoms with Crippen molar-refractivity contribution in [3.63, 3.8) is 0 Å². The Balaban J connectivity index is 2.86. The van der Waals surface area contributed by atoms with E-state index in [1.54, 1.807) is 11.8 Å². The van der Waals surface area contributed by atoms with Crippen molar-refractivity contribution in [2.24, 2.45) is 5.92 Å². The quantitative estimate of drug-likeness (QED) is 0.429. The summed E-state index contributed by atoms with van der Waals surface area (Å²) in [5.41, 5.74) is 4.80. The molecule has 0 aromatic heterocycles. The molecule has 1 aromatic rings. The Morgan fingerprint density at radius 2 is 1.69 bits per heavy atom. The van der Waals surface area contributed by atoms with Crippen molar-refractivity contribution in [2.45, 2.75) is 51.2 Å². The van der Waals surface area contributed by atoms with Crippen LogP contribution in [0.25, 0.3) is 0 Å². The van der Waals surface area contributed by atoms with Crippen LogP contribution in [0.1, 0.15) is 32.3 Å². The Hall–Kier alpha value is -2.06. The zero-order chi connectivity index (χ0) is 21.8. The van der Waals surface area contributed by atoms with Crippen molar-refractivity contribution in [2.75, 3.05) is 19.1 Å². The maximum absolute atomic E-state index is 12.9. The number of methoxy groups -OCH3 is 1. The highest BCUT2D eigenvalue weighted by Gasteiger charge is 2.29. The fourth-order valence-electron chi connectivity index (χ4n) is 2.84. The molecule has 1 rings (SSSR count). The predicted molar refractivity (Wildman–Crippen MR) is 115 cm³/mol. The van der Waals surface area contributed by atoms with Gasteiger partial charge in [0.05, 0.1) is 7.11 Å². The average Bonchev–Trinajstić information content (AvgIpc) is 2.70. The Morgan fingerprint density at radius 1 is 1.07 bits per heavy atom. The fourth-order valence-corrected chi connectivity index (χ4v) is 3.36. The Morgan fingerprint density at radius 3 is 2.24 bits per heavy atom. The summed E-state index contributed by atoms with van der Waals surface area (Å²) < 4.78 is 4.86. The molecule has 0 saturated carbocycles. The van der Waals surface area contributed by atoms with Gasteiger partial charge in [-0.05, 0) is 29.9 Å². The number of thioether (sulfide) groups is 1. The standard InChI is InChI=1S/C21H33N3O4S/c1-14(2)12-17(23-19(25)16(22)10-11-29-4)20(26)24-18(21(27)28-3)13-15-8-6-5-7-9-15/h5-9,14,16-18H,10-13,22H2,1-4H3,(H,23,25)(H,24,26)/p+1/t16-,17+,18-/m1/s1. The summed E-state index contributed by atoms with van der Waals surface area (Å²) in [6.07, 6.45) is 3.39. The number of amides is 2. The number of rotatable bonds is 12. The van der Waals surface area contributed by atoms with Crippen LogP contribution in [0.15, 0.2) is 30.3 Å². The zero-order valence-electron chi connectivity index (χ0n) is 17.8. The summed E-state index contributed by atoms with van der Waals surface area (Å²) >= 11 is 1.65. The first-order chi connectivity index (χ1) is 13.8. The minimum Gasteiger partial charge on any atom is -0.467 e. The number of esters is 1. The first-order valence-electron chi connectivity index (χ1n) is 9.83. The van der Waals surface area contributed by atoms with Gasteiger partial charge in [0, 0.05) is 12.8 Å². The summed E-state index contributed by atoms with van der Waals surface area (Å²) in [6, 6.07) is 7.41. The van der Waals surface area contributed by atoms with E-state index in [4.69, 9.17) is 4.74 Å². The third-order valence-corrected chi connectivity index (χ3v) is 5.11. The lowest BCUT2D eigenvalue weighted by atomic mass is 10.0.